The van der Waals surface area contributed by atoms with Crippen molar-refractivity contribution >= 4 is 39.8 Å². The Hall–Kier alpha value is -3.33. The number of fused-ring (bicyclic) bond motifs is 3. The molecule has 0 aliphatic heterocycles. The lowest BCUT2D eigenvalue weighted by Crippen LogP contribution is -1.95. The van der Waals surface area contributed by atoms with Gasteiger partial charge >= 0.3 is 0 Å². The molecule has 128 valence electrons. The molecule has 0 atom stereocenters. The van der Waals surface area contributed by atoms with Crippen molar-refractivity contribution in [2.75, 3.05) is 5.32 Å². The van der Waals surface area contributed by atoms with E-state index in [9.17, 15) is 8.78 Å². The van der Waals surface area contributed by atoms with Crippen LogP contribution in [0.1, 0.15) is 0 Å². The van der Waals surface area contributed by atoms with Crippen LogP contribution in [0.15, 0.2) is 48.0 Å². The van der Waals surface area contributed by atoms with Crippen LogP contribution in [0.25, 0.3) is 27.4 Å². The zero-order valence-electron chi connectivity index (χ0n) is 13.1. The average Bonchev–Trinajstić information content (AvgIpc) is 3.33. The summed E-state index contributed by atoms with van der Waals surface area (Å²) >= 11 is 1.56. The van der Waals surface area contributed by atoms with Crippen molar-refractivity contribution in [3.05, 3.63) is 59.6 Å². The highest BCUT2D eigenvalue weighted by atomic mass is 32.1. The second kappa shape index (κ2) is 5.60. The van der Waals surface area contributed by atoms with Crippen molar-refractivity contribution in [1.82, 2.24) is 24.6 Å². The number of benzene rings is 2. The van der Waals surface area contributed by atoms with Gasteiger partial charge < -0.3 is 5.32 Å². The number of halogens is 2. The van der Waals surface area contributed by atoms with E-state index in [-0.39, 0.29) is 0 Å². The van der Waals surface area contributed by atoms with Gasteiger partial charge in [0.15, 0.2) is 11.6 Å². The molecule has 0 radical (unpaired) electrons. The smallest absolute Gasteiger partial charge is 0.253 e. The standard InChI is InChI=1S/C17H10F2N6S/c18-11-3-2-10(8-12(11)19)21-16-23-17-22-13-7-9(15-20-5-6-26-15)1-4-14(13)25(17)24-16/h1-8H,(H2,21,22,23,24). The Morgan fingerprint density at radius 1 is 1.04 bits per heavy atom. The first-order chi connectivity index (χ1) is 12.7. The molecular formula is C17H10F2N6S. The van der Waals surface area contributed by atoms with Crippen LogP contribution in [0.2, 0.25) is 0 Å². The summed E-state index contributed by atoms with van der Waals surface area (Å²) in [5, 5.41) is 8.81. The van der Waals surface area contributed by atoms with Crippen LogP contribution in [0.5, 0.6) is 0 Å². The molecule has 5 rings (SSSR count). The van der Waals surface area contributed by atoms with E-state index >= 15 is 0 Å². The zero-order chi connectivity index (χ0) is 17.7. The summed E-state index contributed by atoms with van der Waals surface area (Å²) in [5.41, 5.74) is 3.02. The van der Waals surface area contributed by atoms with Crippen molar-refractivity contribution in [2.24, 2.45) is 0 Å². The van der Waals surface area contributed by atoms with E-state index in [1.54, 1.807) is 22.0 Å². The fourth-order valence-electron chi connectivity index (χ4n) is 2.75. The van der Waals surface area contributed by atoms with Crippen LogP contribution < -0.4 is 5.32 Å². The van der Waals surface area contributed by atoms with Gasteiger partial charge in [0.25, 0.3) is 5.78 Å². The van der Waals surface area contributed by atoms with E-state index in [1.165, 1.54) is 6.07 Å². The van der Waals surface area contributed by atoms with Gasteiger partial charge in [-0.1, -0.05) is 0 Å². The Balaban J connectivity index is 1.52. The number of imidazole rings is 1. The highest BCUT2D eigenvalue weighted by molar-refractivity contribution is 7.13. The molecule has 2 N–H and O–H groups in total. The minimum atomic E-state index is -0.925. The van der Waals surface area contributed by atoms with Crippen LogP contribution >= 0.6 is 11.3 Å². The summed E-state index contributed by atoms with van der Waals surface area (Å²) in [5.74, 6) is -0.968. The minimum absolute atomic E-state index is 0.379. The fourth-order valence-corrected chi connectivity index (χ4v) is 3.38. The molecule has 0 amide bonds. The summed E-state index contributed by atoms with van der Waals surface area (Å²) in [7, 11) is 0. The van der Waals surface area contributed by atoms with E-state index in [2.05, 4.69) is 25.4 Å². The van der Waals surface area contributed by atoms with Crippen LogP contribution in [0.3, 0.4) is 0 Å². The summed E-state index contributed by atoms with van der Waals surface area (Å²) in [4.78, 5) is 13.2. The molecule has 6 nitrogen and oxygen atoms in total. The Bertz CT molecular complexity index is 1240. The van der Waals surface area contributed by atoms with Gasteiger partial charge in [-0.3, -0.25) is 5.10 Å². The third-order valence-electron chi connectivity index (χ3n) is 3.93. The fraction of sp³-hybridized carbons (Fsp3) is 0. The molecule has 0 fully saturated rings. The predicted octanol–water partition coefficient (Wildman–Crippen LogP) is 4.36. The number of aromatic amines is 1. The van der Waals surface area contributed by atoms with Gasteiger partial charge in [-0.15, -0.1) is 11.3 Å². The Labute approximate surface area is 149 Å². The van der Waals surface area contributed by atoms with Crippen molar-refractivity contribution in [1.29, 1.82) is 0 Å². The summed E-state index contributed by atoms with van der Waals surface area (Å²) in [6.45, 7) is 0. The van der Waals surface area contributed by atoms with E-state index in [0.717, 1.165) is 33.7 Å². The largest absolute Gasteiger partial charge is 0.324 e. The van der Waals surface area contributed by atoms with Crippen LogP contribution in [-0.4, -0.2) is 24.6 Å². The maximum absolute atomic E-state index is 13.3. The molecule has 2 aromatic carbocycles. The Kier molecular flexibility index (Phi) is 3.22. The molecule has 3 aromatic heterocycles. The van der Waals surface area contributed by atoms with E-state index in [4.69, 9.17) is 0 Å². The monoisotopic (exact) mass is 368 g/mol. The maximum atomic E-state index is 13.3. The quantitative estimate of drug-likeness (QED) is 0.496. The lowest BCUT2D eigenvalue weighted by atomic mass is 10.2. The molecule has 9 heteroatoms. The molecular weight excluding hydrogens is 358 g/mol. The third-order valence-corrected chi connectivity index (χ3v) is 4.75. The molecule has 0 aliphatic carbocycles. The Morgan fingerprint density at radius 3 is 2.77 bits per heavy atom. The summed E-state index contributed by atoms with van der Waals surface area (Å²) in [6, 6.07) is 9.42. The molecule has 3 heterocycles. The molecule has 0 aliphatic rings. The Morgan fingerprint density at radius 2 is 1.96 bits per heavy atom. The molecule has 5 aromatic rings. The first-order valence-corrected chi connectivity index (χ1v) is 8.55. The van der Waals surface area contributed by atoms with Crippen molar-refractivity contribution in [3.8, 4) is 10.6 Å². The summed E-state index contributed by atoms with van der Waals surface area (Å²) in [6.07, 6.45) is 1.76. The number of rotatable bonds is 3. The van der Waals surface area contributed by atoms with E-state index in [1.807, 2.05) is 23.6 Å². The van der Waals surface area contributed by atoms with E-state index < -0.39 is 11.6 Å². The molecule has 26 heavy (non-hydrogen) atoms. The van der Waals surface area contributed by atoms with Crippen molar-refractivity contribution in [3.63, 3.8) is 0 Å². The lowest BCUT2D eigenvalue weighted by molar-refractivity contribution is 0.509. The van der Waals surface area contributed by atoms with Crippen LogP contribution in [0, 0.1) is 11.6 Å². The molecule has 0 bridgehead atoms. The second-order valence-electron chi connectivity index (χ2n) is 5.61. The average molecular weight is 368 g/mol. The highest BCUT2D eigenvalue weighted by Gasteiger charge is 2.12. The van der Waals surface area contributed by atoms with Gasteiger partial charge in [-0.25, -0.2) is 23.3 Å². The highest BCUT2D eigenvalue weighted by Crippen LogP contribution is 2.26. The SMILES string of the molecule is Fc1ccc(Nc2nc3nc4cc(-c5nccs5)ccc4n3[nH]2)cc1F. The first kappa shape index (κ1) is 15.0. The van der Waals surface area contributed by atoms with E-state index in [0.29, 0.717) is 17.4 Å². The number of aromatic nitrogens is 5. The zero-order valence-corrected chi connectivity index (χ0v) is 13.9. The van der Waals surface area contributed by atoms with Gasteiger partial charge in [0.1, 0.15) is 5.01 Å². The molecule has 0 saturated carbocycles. The van der Waals surface area contributed by atoms with Gasteiger partial charge in [0.05, 0.1) is 11.0 Å². The second-order valence-corrected chi connectivity index (χ2v) is 6.51. The number of nitrogens with one attached hydrogen (secondary N) is 2. The first-order valence-electron chi connectivity index (χ1n) is 7.67. The minimum Gasteiger partial charge on any atom is -0.324 e. The number of hydrogen-bond acceptors (Lipinski definition) is 5. The van der Waals surface area contributed by atoms with Crippen LogP contribution in [0.4, 0.5) is 20.4 Å². The maximum Gasteiger partial charge on any atom is 0.253 e. The van der Waals surface area contributed by atoms with Crippen molar-refractivity contribution in [2.45, 2.75) is 0 Å². The number of anilines is 2. The number of nitrogens with zero attached hydrogens (tertiary/aromatic N) is 4. The summed E-state index contributed by atoms with van der Waals surface area (Å²) < 4.78 is 28.1. The number of H-pyrrole nitrogens is 1. The molecule has 0 unspecified atom stereocenters. The van der Waals surface area contributed by atoms with Gasteiger partial charge in [0.2, 0.25) is 5.95 Å². The number of thiazole rings is 1. The molecule has 0 saturated heterocycles. The number of hydrogen-bond donors (Lipinski definition) is 2. The van der Waals surface area contributed by atoms with Gasteiger partial charge in [-0.2, -0.15) is 4.98 Å². The normalized spacial score (nSPS) is 11.5. The van der Waals surface area contributed by atoms with Crippen molar-refractivity contribution < 1.29 is 8.78 Å². The molecule has 0 spiro atoms. The predicted molar refractivity (Wildman–Crippen MR) is 95.6 cm³/mol. The lowest BCUT2D eigenvalue weighted by Gasteiger charge is -2.02. The van der Waals surface area contributed by atoms with Gasteiger partial charge in [-0.05, 0) is 30.3 Å². The van der Waals surface area contributed by atoms with Gasteiger partial charge in [0, 0.05) is 28.9 Å². The van der Waals surface area contributed by atoms with Crippen LogP contribution in [-0.2, 0) is 0 Å². The third kappa shape index (κ3) is 2.40. The topological polar surface area (TPSA) is 70.9 Å².